The Morgan fingerprint density at radius 1 is 1.18 bits per heavy atom. The van der Waals surface area contributed by atoms with Crippen LogP contribution in [-0.2, 0) is 22.3 Å². The molecule has 1 heterocycles. The average Bonchev–Trinajstić information content (AvgIpc) is 2.81. The van der Waals surface area contributed by atoms with Crippen LogP contribution in [0.5, 0.6) is 0 Å². The molecular weight excluding hydrogens is 439 g/mol. The number of amides is 1. The Kier molecular flexibility index (Phi) is 7.91. The minimum absolute atomic E-state index is 0.0162. The van der Waals surface area contributed by atoms with E-state index in [-0.39, 0.29) is 17.5 Å². The number of nitro groups is 1. The monoisotopic (exact) mass is 465 g/mol. The van der Waals surface area contributed by atoms with Gasteiger partial charge in [-0.25, -0.2) is 0 Å². The molecule has 1 aliphatic rings. The lowest BCUT2D eigenvalue weighted by Gasteiger charge is -2.35. The quantitative estimate of drug-likeness (QED) is 0.424. The number of rotatable bonds is 8. The van der Waals surface area contributed by atoms with Crippen LogP contribution in [0.4, 0.5) is 24.5 Å². The number of alkyl halides is 3. The molecule has 0 atom stereocenters. The summed E-state index contributed by atoms with van der Waals surface area (Å²) < 4.78 is 44.1. The molecule has 0 aliphatic carbocycles. The van der Waals surface area contributed by atoms with Crippen molar-refractivity contribution in [3.05, 3.63) is 69.8 Å². The van der Waals surface area contributed by atoms with Crippen molar-refractivity contribution in [3.8, 4) is 0 Å². The van der Waals surface area contributed by atoms with Crippen LogP contribution >= 0.6 is 0 Å². The van der Waals surface area contributed by atoms with E-state index >= 15 is 0 Å². The van der Waals surface area contributed by atoms with Crippen LogP contribution in [0.25, 0.3) is 0 Å². The molecule has 0 N–H and O–H groups in total. The fraction of sp³-hybridized carbons (Fsp3) is 0.435. The van der Waals surface area contributed by atoms with Gasteiger partial charge in [0.05, 0.1) is 17.1 Å². The van der Waals surface area contributed by atoms with Gasteiger partial charge in [-0.3, -0.25) is 14.9 Å². The Hall–Kier alpha value is -3.14. The Morgan fingerprint density at radius 2 is 1.85 bits per heavy atom. The van der Waals surface area contributed by atoms with Crippen molar-refractivity contribution in [1.29, 1.82) is 0 Å². The molecule has 1 aliphatic heterocycles. The smallest absolute Gasteiger partial charge is 0.383 e. The van der Waals surface area contributed by atoms with Crippen LogP contribution in [0.2, 0.25) is 0 Å². The molecule has 0 radical (unpaired) electrons. The number of ether oxygens (including phenoxy) is 1. The van der Waals surface area contributed by atoms with Gasteiger partial charge in [0.1, 0.15) is 5.69 Å². The summed E-state index contributed by atoms with van der Waals surface area (Å²) in [5.41, 5.74) is -0.502. The van der Waals surface area contributed by atoms with Gasteiger partial charge in [-0.15, -0.1) is 0 Å². The first-order valence-electron chi connectivity index (χ1n) is 10.6. The standard InChI is InChI=1S/C23H26F3N3O4/c1-33-14-13-28(16-17-5-3-2-4-6-17)22(30)18-9-11-27(12-10-18)20-8-7-19(23(24,25)26)15-21(20)29(31)32/h2-8,15,18H,9-14,16H2,1H3. The molecule has 10 heteroatoms. The van der Waals surface area contributed by atoms with Gasteiger partial charge >= 0.3 is 6.18 Å². The predicted octanol–water partition coefficient (Wildman–Crippen LogP) is 4.51. The molecule has 1 amide bonds. The highest BCUT2D eigenvalue weighted by molar-refractivity contribution is 5.79. The van der Waals surface area contributed by atoms with E-state index < -0.39 is 22.4 Å². The lowest BCUT2D eigenvalue weighted by atomic mass is 9.94. The van der Waals surface area contributed by atoms with Crippen molar-refractivity contribution in [2.75, 3.05) is 38.3 Å². The largest absolute Gasteiger partial charge is 0.416 e. The fourth-order valence-electron chi connectivity index (χ4n) is 4.01. The van der Waals surface area contributed by atoms with Crippen LogP contribution in [0.3, 0.4) is 0 Å². The SMILES string of the molecule is COCCN(Cc1ccccc1)C(=O)C1CCN(c2ccc(C(F)(F)F)cc2[N+](=O)[O-])CC1. The molecule has 0 saturated carbocycles. The molecule has 0 bridgehead atoms. The first-order valence-corrected chi connectivity index (χ1v) is 10.6. The number of hydrogen-bond donors (Lipinski definition) is 0. The Labute approximate surface area is 189 Å². The number of hydrogen-bond acceptors (Lipinski definition) is 5. The summed E-state index contributed by atoms with van der Waals surface area (Å²) in [5, 5.41) is 11.4. The fourth-order valence-corrected chi connectivity index (χ4v) is 4.01. The molecule has 7 nitrogen and oxygen atoms in total. The second-order valence-corrected chi connectivity index (χ2v) is 7.96. The minimum Gasteiger partial charge on any atom is -0.383 e. The molecule has 178 valence electrons. The van der Waals surface area contributed by atoms with E-state index in [1.165, 1.54) is 0 Å². The highest BCUT2D eigenvalue weighted by Crippen LogP contribution is 2.37. The highest BCUT2D eigenvalue weighted by atomic mass is 19.4. The van der Waals surface area contributed by atoms with Crippen LogP contribution in [0.15, 0.2) is 48.5 Å². The van der Waals surface area contributed by atoms with Crippen LogP contribution in [0.1, 0.15) is 24.0 Å². The van der Waals surface area contributed by atoms with E-state index in [2.05, 4.69) is 0 Å². The minimum atomic E-state index is -4.66. The normalized spacial score (nSPS) is 14.8. The van der Waals surface area contributed by atoms with Gasteiger partial charge in [0, 0.05) is 45.3 Å². The summed E-state index contributed by atoms with van der Waals surface area (Å²) in [6.07, 6.45) is -3.75. The number of halogens is 3. The third-order valence-electron chi connectivity index (χ3n) is 5.78. The van der Waals surface area contributed by atoms with Gasteiger partial charge in [0.25, 0.3) is 5.69 Å². The lowest BCUT2D eigenvalue weighted by molar-refractivity contribution is -0.384. The number of nitro benzene ring substituents is 1. The van der Waals surface area contributed by atoms with Gasteiger partial charge in [-0.1, -0.05) is 30.3 Å². The maximum absolute atomic E-state index is 13.2. The summed E-state index contributed by atoms with van der Waals surface area (Å²) >= 11 is 0. The van der Waals surface area contributed by atoms with Crippen LogP contribution < -0.4 is 4.90 Å². The van der Waals surface area contributed by atoms with Gasteiger partial charge in [0.2, 0.25) is 5.91 Å². The van der Waals surface area contributed by atoms with Gasteiger partial charge in [-0.2, -0.15) is 13.2 Å². The molecule has 2 aromatic carbocycles. The maximum Gasteiger partial charge on any atom is 0.416 e. The predicted molar refractivity (Wildman–Crippen MR) is 117 cm³/mol. The molecular formula is C23H26F3N3O4. The first kappa shape index (κ1) is 24.5. The van der Waals surface area contributed by atoms with Gasteiger partial charge in [0.15, 0.2) is 0 Å². The van der Waals surface area contributed by atoms with Crippen molar-refractivity contribution >= 4 is 17.3 Å². The molecule has 0 aromatic heterocycles. The number of carbonyl (C=O) groups is 1. The summed E-state index contributed by atoms with van der Waals surface area (Å²) in [6, 6.07) is 12.2. The Balaban J connectivity index is 1.70. The van der Waals surface area contributed by atoms with Gasteiger partial charge < -0.3 is 14.5 Å². The molecule has 3 rings (SSSR count). The summed E-state index contributed by atoms with van der Waals surface area (Å²) in [7, 11) is 1.57. The number of piperidine rings is 1. The second-order valence-electron chi connectivity index (χ2n) is 7.96. The zero-order valence-corrected chi connectivity index (χ0v) is 18.3. The Bertz CT molecular complexity index is 961. The van der Waals surface area contributed by atoms with Crippen molar-refractivity contribution < 1.29 is 27.6 Å². The average molecular weight is 465 g/mol. The van der Waals surface area contributed by atoms with E-state index in [1.807, 2.05) is 30.3 Å². The molecule has 33 heavy (non-hydrogen) atoms. The van der Waals surface area contributed by atoms with E-state index in [9.17, 15) is 28.1 Å². The first-order chi connectivity index (χ1) is 15.7. The number of carbonyl (C=O) groups excluding carboxylic acids is 1. The van der Waals surface area contributed by atoms with Crippen molar-refractivity contribution in [2.24, 2.45) is 5.92 Å². The lowest BCUT2D eigenvalue weighted by Crippen LogP contribution is -2.43. The number of benzene rings is 2. The van der Waals surface area contributed by atoms with Crippen molar-refractivity contribution in [1.82, 2.24) is 4.90 Å². The zero-order chi connectivity index (χ0) is 24.0. The summed E-state index contributed by atoms with van der Waals surface area (Å²) in [6.45, 7) is 1.97. The van der Waals surface area contributed by atoms with E-state index in [1.54, 1.807) is 16.9 Å². The molecule has 1 saturated heterocycles. The van der Waals surface area contributed by atoms with E-state index in [4.69, 9.17) is 4.74 Å². The molecule has 1 fully saturated rings. The van der Waals surface area contributed by atoms with E-state index in [0.717, 1.165) is 17.7 Å². The van der Waals surface area contributed by atoms with Crippen molar-refractivity contribution in [3.63, 3.8) is 0 Å². The third-order valence-corrected chi connectivity index (χ3v) is 5.78. The van der Waals surface area contributed by atoms with Gasteiger partial charge in [-0.05, 0) is 30.5 Å². The second kappa shape index (κ2) is 10.7. The summed E-state index contributed by atoms with van der Waals surface area (Å²) in [5.74, 6) is -0.284. The highest BCUT2D eigenvalue weighted by Gasteiger charge is 2.35. The molecule has 0 spiro atoms. The third kappa shape index (κ3) is 6.22. The molecule has 0 unspecified atom stereocenters. The topological polar surface area (TPSA) is 75.9 Å². The number of nitrogens with zero attached hydrogens (tertiary/aromatic N) is 3. The Morgan fingerprint density at radius 3 is 2.42 bits per heavy atom. The number of anilines is 1. The number of methoxy groups -OCH3 is 1. The maximum atomic E-state index is 13.2. The van der Waals surface area contributed by atoms with E-state index in [0.29, 0.717) is 51.7 Å². The molecule has 2 aromatic rings. The summed E-state index contributed by atoms with van der Waals surface area (Å²) in [4.78, 5) is 27.3. The van der Waals surface area contributed by atoms with Crippen molar-refractivity contribution in [2.45, 2.75) is 25.6 Å². The van der Waals surface area contributed by atoms with Crippen LogP contribution in [-0.4, -0.2) is 49.1 Å². The zero-order valence-electron chi connectivity index (χ0n) is 18.3. The van der Waals surface area contributed by atoms with Crippen LogP contribution in [0, 0.1) is 16.0 Å².